The molecule has 3 aromatic rings. The molecule has 2 aromatic heterocycles. The summed E-state index contributed by atoms with van der Waals surface area (Å²) in [5.74, 6) is 1.41. The van der Waals surface area contributed by atoms with Crippen LogP contribution >= 0.6 is 11.3 Å². The summed E-state index contributed by atoms with van der Waals surface area (Å²) in [5, 5.41) is 1.12. The van der Waals surface area contributed by atoms with Gasteiger partial charge in [-0.15, -0.1) is 0 Å². The van der Waals surface area contributed by atoms with Crippen LogP contribution in [-0.4, -0.2) is 29.7 Å². The molecule has 0 aliphatic carbocycles. The highest BCUT2D eigenvalue weighted by molar-refractivity contribution is 7.22. The fraction of sp³-hybridized carbons (Fsp3) is 0.250. The molecule has 106 valence electrons. The highest BCUT2D eigenvalue weighted by atomic mass is 32.1. The summed E-state index contributed by atoms with van der Waals surface area (Å²) >= 11 is 1.76. The van der Waals surface area contributed by atoms with E-state index >= 15 is 0 Å². The Kier molecular flexibility index (Phi) is 3.20. The van der Waals surface area contributed by atoms with Crippen molar-refractivity contribution in [1.82, 2.24) is 9.97 Å². The van der Waals surface area contributed by atoms with E-state index in [-0.39, 0.29) is 0 Å². The average Bonchev–Trinajstić information content (AvgIpc) is 2.90. The standard InChI is InChI=1S/C16H15N3OS/c1-2-6-15-14(5-1)18-16(21-15)19-9-12(10-19)11-20-13-4-3-7-17-8-13/h1-8,12H,9-11H2. The molecule has 0 atom stereocenters. The number of nitrogens with zero attached hydrogens (tertiary/aromatic N) is 3. The van der Waals surface area contributed by atoms with Crippen molar-refractivity contribution < 1.29 is 4.74 Å². The molecular weight excluding hydrogens is 282 g/mol. The first-order valence-electron chi connectivity index (χ1n) is 7.02. The molecule has 21 heavy (non-hydrogen) atoms. The zero-order valence-electron chi connectivity index (χ0n) is 11.5. The van der Waals surface area contributed by atoms with Gasteiger partial charge in [-0.3, -0.25) is 4.98 Å². The van der Waals surface area contributed by atoms with Gasteiger partial charge in [-0.25, -0.2) is 4.98 Å². The minimum Gasteiger partial charge on any atom is -0.492 e. The van der Waals surface area contributed by atoms with Crippen molar-refractivity contribution in [1.29, 1.82) is 0 Å². The lowest BCUT2D eigenvalue weighted by atomic mass is 10.0. The van der Waals surface area contributed by atoms with Crippen molar-refractivity contribution in [3.8, 4) is 5.75 Å². The molecule has 1 fully saturated rings. The van der Waals surface area contributed by atoms with Gasteiger partial charge in [-0.1, -0.05) is 23.5 Å². The Balaban J connectivity index is 1.34. The molecule has 0 saturated carbocycles. The van der Waals surface area contributed by atoms with Crippen LogP contribution in [0.25, 0.3) is 10.2 Å². The lowest BCUT2D eigenvalue weighted by Crippen LogP contribution is -2.49. The van der Waals surface area contributed by atoms with Gasteiger partial charge >= 0.3 is 0 Å². The Bertz CT molecular complexity index is 704. The fourth-order valence-corrected chi connectivity index (χ4v) is 3.46. The largest absolute Gasteiger partial charge is 0.492 e. The van der Waals surface area contributed by atoms with Crippen molar-refractivity contribution in [2.24, 2.45) is 5.92 Å². The lowest BCUT2D eigenvalue weighted by Gasteiger charge is -2.38. The second-order valence-corrected chi connectivity index (χ2v) is 6.24. The molecule has 0 unspecified atom stereocenters. The number of rotatable bonds is 4. The van der Waals surface area contributed by atoms with E-state index in [9.17, 15) is 0 Å². The number of hydrogen-bond donors (Lipinski definition) is 0. The first-order valence-corrected chi connectivity index (χ1v) is 7.83. The molecule has 5 heteroatoms. The summed E-state index contributed by atoms with van der Waals surface area (Å²) in [7, 11) is 0. The van der Waals surface area contributed by atoms with Gasteiger partial charge in [0.05, 0.1) is 23.0 Å². The van der Waals surface area contributed by atoms with E-state index in [0.717, 1.165) is 36.1 Å². The van der Waals surface area contributed by atoms with Gasteiger partial charge in [0.2, 0.25) is 0 Å². The van der Waals surface area contributed by atoms with E-state index < -0.39 is 0 Å². The zero-order chi connectivity index (χ0) is 14.1. The lowest BCUT2D eigenvalue weighted by molar-refractivity contribution is 0.220. The second-order valence-electron chi connectivity index (χ2n) is 5.23. The maximum absolute atomic E-state index is 5.75. The minimum absolute atomic E-state index is 0.567. The molecule has 0 N–H and O–H groups in total. The first kappa shape index (κ1) is 12.6. The average molecular weight is 297 g/mol. The van der Waals surface area contributed by atoms with Crippen LogP contribution in [0, 0.1) is 5.92 Å². The quantitative estimate of drug-likeness (QED) is 0.741. The van der Waals surface area contributed by atoms with E-state index in [0.29, 0.717) is 5.92 Å². The third-order valence-electron chi connectivity index (χ3n) is 3.63. The van der Waals surface area contributed by atoms with E-state index in [1.807, 2.05) is 18.2 Å². The van der Waals surface area contributed by atoms with Crippen molar-refractivity contribution in [2.75, 3.05) is 24.6 Å². The van der Waals surface area contributed by atoms with E-state index in [2.05, 4.69) is 33.1 Å². The van der Waals surface area contributed by atoms with Crippen LogP contribution in [0.1, 0.15) is 0 Å². The minimum atomic E-state index is 0.567. The van der Waals surface area contributed by atoms with Crippen molar-refractivity contribution >= 4 is 26.7 Å². The van der Waals surface area contributed by atoms with Crippen molar-refractivity contribution in [3.05, 3.63) is 48.8 Å². The van der Waals surface area contributed by atoms with Crippen LogP contribution in [0.15, 0.2) is 48.8 Å². The Morgan fingerprint density at radius 2 is 2.10 bits per heavy atom. The normalized spacial score (nSPS) is 15.1. The highest BCUT2D eigenvalue weighted by Gasteiger charge is 2.29. The van der Waals surface area contributed by atoms with Gasteiger partial charge in [0.25, 0.3) is 0 Å². The van der Waals surface area contributed by atoms with Crippen LogP contribution in [0.5, 0.6) is 5.75 Å². The molecule has 0 bridgehead atoms. The number of benzene rings is 1. The molecule has 4 rings (SSSR count). The molecule has 1 aliphatic heterocycles. The number of thiazole rings is 1. The van der Waals surface area contributed by atoms with Gasteiger partial charge in [-0.05, 0) is 24.3 Å². The SMILES string of the molecule is c1cncc(OCC2CN(c3nc4ccccc4s3)C2)c1. The number of hydrogen-bond acceptors (Lipinski definition) is 5. The smallest absolute Gasteiger partial charge is 0.186 e. The van der Waals surface area contributed by atoms with Crippen LogP contribution in [-0.2, 0) is 0 Å². The molecule has 1 aromatic carbocycles. The summed E-state index contributed by atoms with van der Waals surface area (Å²) in [6.07, 6.45) is 3.51. The molecule has 0 amide bonds. The summed E-state index contributed by atoms with van der Waals surface area (Å²) in [4.78, 5) is 11.1. The summed E-state index contributed by atoms with van der Waals surface area (Å²) in [6, 6.07) is 12.1. The monoisotopic (exact) mass is 297 g/mol. The number of pyridine rings is 1. The van der Waals surface area contributed by atoms with Crippen molar-refractivity contribution in [3.63, 3.8) is 0 Å². The van der Waals surface area contributed by atoms with Crippen molar-refractivity contribution in [2.45, 2.75) is 0 Å². The van der Waals surface area contributed by atoms with Crippen LogP contribution in [0.4, 0.5) is 5.13 Å². The summed E-state index contributed by atoms with van der Waals surface area (Å²) in [5.41, 5.74) is 1.09. The maximum Gasteiger partial charge on any atom is 0.186 e. The summed E-state index contributed by atoms with van der Waals surface area (Å²) < 4.78 is 7.00. The highest BCUT2D eigenvalue weighted by Crippen LogP contribution is 2.32. The van der Waals surface area contributed by atoms with Gasteiger partial charge < -0.3 is 9.64 Å². The molecule has 3 heterocycles. The van der Waals surface area contributed by atoms with Crippen LogP contribution < -0.4 is 9.64 Å². The van der Waals surface area contributed by atoms with Crippen LogP contribution in [0.2, 0.25) is 0 Å². The Morgan fingerprint density at radius 3 is 2.90 bits per heavy atom. The van der Waals surface area contributed by atoms with E-state index in [4.69, 9.17) is 4.74 Å². The Labute approximate surface area is 127 Å². The zero-order valence-corrected chi connectivity index (χ0v) is 12.3. The third-order valence-corrected chi connectivity index (χ3v) is 4.73. The predicted molar refractivity (Wildman–Crippen MR) is 85.1 cm³/mol. The van der Waals surface area contributed by atoms with Gasteiger partial charge in [-0.2, -0.15) is 0 Å². The molecule has 4 nitrogen and oxygen atoms in total. The summed E-state index contributed by atoms with van der Waals surface area (Å²) in [6.45, 7) is 2.77. The van der Waals surface area contributed by atoms with Gasteiger partial charge in [0.15, 0.2) is 5.13 Å². The predicted octanol–water partition coefficient (Wildman–Crippen LogP) is 3.21. The number of ether oxygens (including phenoxy) is 1. The number of aromatic nitrogens is 2. The number of anilines is 1. The number of para-hydroxylation sites is 1. The van der Waals surface area contributed by atoms with E-state index in [1.54, 1.807) is 23.7 Å². The molecule has 0 spiro atoms. The van der Waals surface area contributed by atoms with E-state index in [1.165, 1.54) is 4.70 Å². The molecular formula is C16H15N3OS. The van der Waals surface area contributed by atoms with Gasteiger partial charge in [0, 0.05) is 25.2 Å². The fourth-order valence-electron chi connectivity index (χ4n) is 2.47. The van der Waals surface area contributed by atoms with Gasteiger partial charge in [0.1, 0.15) is 5.75 Å². The molecule has 1 saturated heterocycles. The maximum atomic E-state index is 5.75. The molecule has 1 aliphatic rings. The number of fused-ring (bicyclic) bond motifs is 1. The Morgan fingerprint density at radius 1 is 1.19 bits per heavy atom. The Hall–Kier alpha value is -2.14. The topological polar surface area (TPSA) is 38.2 Å². The molecule has 0 radical (unpaired) electrons. The van der Waals surface area contributed by atoms with Crippen LogP contribution in [0.3, 0.4) is 0 Å². The third kappa shape index (κ3) is 2.56. The second kappa shape index (κ2) is 5.33. The first-order chi connectivity index (χ1) is 10.4.